The van der Waals surface area contributed by atoms with Crippen LogP contribution in [0.2, 0.25) is 0 Å². The van der Waals surface area contributed by atoms with Crippen LogP contribution in [0.1, 0.15) is 10.5 Å². The maximum absolute atomic E-state index is 13.2. The van der Waals surface area contributed by atoms with Crippen LogP contribution in [0.5, 0.6) is 0 Å². The number of amides is 1. The fourth-order valence-electron chi connectivity index (χ4n) is 1.77. The second-order valence-corrected chi connectivity index (χ2v) is 5.08. The van der Waals surface area contributed by atoms with Crippen molar-refractivity contribution in [3.05, 3.63) is 65.6 Å². The Morgan fingerprint density at radius 2 is 2.10 bits per heavy atom. The zero-order valence-corrected chi connectivity index (χ0v) is 11.6. The van der Waals surface area contributed by atoms with Crippen LogP contribution in [0.15, 0.2) is 54.0 Å². The zero-order valence-electron chi connectivity index (χ0n) is 10.8. The molecule has 1 amide bonds. The number of benzene rings is 1. The van der Waals surface area contributed by atoms with E-state index in [2.05, 4.69) is 15.3 Å². The topological polar surface area (TPSA) is 54.9 Å². The summed E-state index contributed by atoms with van der Waals surface area (Å²) >= 11 is 1.28. The molecule has 3 rings (SSSR count). The number of aromatic nitrogens is 2. The zero-order chi connectivity index (χ0) is 14.7. The Balaban J connectivity index is 1.78. The predicted molar refractivity (Wildman–Crippen MR) is 79.7 cm³/mol. The fraction of sp³-hybridized carbons (Fsp3) is 0. The third-order valence-corrected chi connectivity index (χ3v) is 3.50. The molecule has 2 heterocycles. The monoisotopic (exact) mass is 299 g/mol. The third-order valence-electron chi connectivity index (χ3n) is 2.74. The van der Waals surface area contributed by atoms with Crippen molar-refractivity contribution in [1.82, 2.24) is 9.97 Å². The molecule has 0 atom stereocenters. The minimum atomic E-state index is -0.323. The Labute approximate surface area is 124 Å². The van der Waals surface area contributed by atoms with Gasteiger partial charge >= 0.3 is 0 Å². The second-order valence-electron chi connectivity index (χ2n) is 4.22. The largest absolute Gasteiger partial charge is 0.296 e. The number of rotatable bonds is 3. The van der Waals surface area contributed by atoms with Crippen LogP contribution in [0.3, 0.4) is 0 Å². The van der Waals surface area contributed by atoms with E-state index in [9.17, 15) is 9.18 Å². The molecule has 21 heavy (non-hydrogen) atoms. The highest BCUT2D eigenvalue weighted by Crippen LogP contribution is 2.25. The van der Waals surface area contributed by atoms with Crippen molar-refractivity contribution in [3.63, 3.8) is 0 Å². The summed E-state index contributed by atoms with van der Waals surface area (Å²) in [6.07, 6.45) is 1.55. The van der Waals surface area contributed by atoms with Crippen molar-refractivity contribution in [2.45, 2.75) is 0 Å². The summed E-state index contributed by atoms with van der Waals surface area (Å²) in [7, 11) is 0. The quantitative estimate of drug-likeness (QED) is 0.804. The van der Waals surface area contributed by atoms with Crippen LogP contribution in [-0.4, -0.2) is 15.9 Å². The summed E-state index contributed by atoms with van der Waals surface area (Å²) in [5.41, 5.74) is 1.61. The Morgan fingerprint density at radius 1 is 1.19 bits per heavy atom. The van der Waals surface area contributed by atoms with E-state index in [0.29, 0.717) is 22.1 Å². The lowest BCUT2D eigenvalue weighted by Crippen LogP contribution is -2.13. The van der Waals surface area contributed by atoms with Gasteiger partial charge in [0.05, 0.1) is 5.69 Å². The van der Waals surface area contributed by atoms with Crippen LogP contribution < -0.4 is 5.32 Å². The number of anilines is 1. The molecule has 6 heteroatoms. The van der Waals surface area contributed by atoms with Gasteiger partial charge in [0.15, 0.2) is 5.13 Å². The van der Waals surface area contributed by atoms with E-state index in [1.165, 1.54) is 23.5 Å². The molecular weight excluding hydrogens is 289 g/mol. The molecule has 1 aromatic carbocycles. The van der Waals surface area contributed by atoms with Crippen molar-refractivity contribution in [2.24, 2.45) is 0 Å². The van der Waals surface area contributed by atoms with Gasteiger partial charge in [-0.05, 0) is 24.3 Å². The second kappa shape index (κ2) is 5.80. The van der Waals surface area contributed by atoms with Gasteiger partial charge in [-0.1, -0.05) is 18.2 Å². The van der Waals surface area contributed by atoms with Gasteiger partial charge in [0.1, 0.15) is 11.5 Å². The first-order chi connectivity index (χ1) is 10.2. The summed E-state index contributed by atoms with van der Waals surface area (Å²) in [6, 6.07) is 11.3. The van der Waals surface area contributed by atoms with Crippen molar-refractivity contribution >= 4 is 22.4 Å². The lowest BCUT2D eigenvalue weighted by Gasteiger charge is -2.00. The molecular formula is C15H10FN3OS. The van der Waals surface area contributed by atoms with Crippen molar-refractivity contribution in [1.29, 1.82) is 0 Å². The molecule has 0 unspecified atom stereocenters. The fourth-order valence-corrected chi connectivity index (χ4v) is 2.48. The number of nitrogens with one attached hydrogen (secondary N) is 1. The van der Waals surface area contributed by atoms with Gasteiger partial charge in [0.2, 0.25) is 0 Å². The molecule has 2 aromatic heterocycles. The number of hydrogen-bond donors (Lipinski definition) is 1. The number of hydrogen-bond acceptors (Lipinski definition) is 4. The van der Waals surface area contributed by atoms with E-state index in [-0.39, 0.29) is 11.7 Å². The van der Waals surface area contributed by atoms with E-state index < -0.39 is 0 Å². The number of thiazole rings is 1. The molecule has 4 nitrogen and oxygen atoms in total. The van der Waals surface area contributed by atoms with E-state index in [1.807, 2.05) is 0 Å². The Kier molecular flexibility index (Phi) is 3.70. The molecule has 0 saturated heterocycles. The average molecular weight is 299 g/mol. The average Bonchev–Trinajstić information content (AvgIpc) is 2.97. The summed E-state index contributed by atoms with van der Waals surface area (Å²) in [4.78, 5) is 20.2. The molecule has 1 N–H and O–H groups in total. The number of halogens is 1. The van der Waals surface area contributed by atoms with Gasteiger partial charge < -0.3 is 0 Å². The van der Waals surface area contributed by atoms with Gasteiger partial charge in [-0.3, -0.25) is 15.1 Å². The molecule has 0 aliphatic heterocycles. The normalized spacial score (nSPS) is 10.3. The van der Waals surface area contributed by atoms with Gasteiger partial charge in [-0.15, -0.1) is 11.3 Å². The summed E-state index contributed by atoms with van der Waals surface area (Å²) in [6.45, 7) is 0. The van der Waals surface area contributed by atoms with Crippen LogP contribution >= 0.6 is 11.3 Å². The summed E-state index contributed by atoms with van der Waals surface area (Å²) < 4.78 is 13.2. The minimum Gasteiger partial charge on any atom is -0.296 e. The molecule has 0 spiro atoms. The first-order valence-electron chi connectivity index (χ1n) is 6.16. The lowest BCUT2D eigenvalue weighted by atomic mass is 10.2. The highest BCUT2D eigenvalue weighted by molar-refractivity contribution is 7.14. The van der Waals surface area contributed by atoms with Gasteiger partial charge in [-0.25, -0.2) is 9.37 Å². The number of nitrogens with zero attached hydrogens (tertiary/aromatic N) is 2. The molecule has 3 aromatic rings. The number of carbonyl (C=O) groups is 1. The van der Waals surface area contributed by atoms with Crippen LogP contribution in [0, 0.1) is 5.82 Å². The molecule has 0 radical (unpaired) electrons. The molecule has 0 aliphatic rings. The molecule has 0 bridgehead atoms. The first-order valence-corrected chi connectivity index (χ1v) is 7.04. The Morgan fingerprint density at radius 3 is 2.86 bits per heavy atom. The van der Waals surface area contributed by atoms with Crippen molar-refractivity contribution in [2.75, 3.05) is 5.32 Å². The van der Waals surface area contributed by atoms with E-state index >= 15 is 0 Å². The first kappa shape index (κ1) is 13.4. The van der Waals surface area contributed by atoms with Crippen molar-refractivity contribution in [3.8, 4) is 11.3 Å². The van der Waals surface area contributed by atoms with Crippen molar-refractivity contribution < 1.29 is 9.18 Å². The van der Waals surface area contributed by atoms with Crippen LogP contribution in [0.25, 0.3) is 11.3 Å². The standard InChI is InChI=1S/C15H10FN3OS/c16-11-5-3-4-10(8-11)13-9-21-15(18-13)19-14(20)12-6-1-2-7-17-12/h1-9H,(H,18,19,20). The molecule has 104 valence electrons. The summed E-state index contributed by atoms with van der Waals surface area (Å²) in [5.74, 6) is -0.643. The molecule has 0 aliphatic carbocycles. The minimum absolute atomic E-state index is 0.319. The van der Waals surface area contributed by atoms with Gasteiger partial charge in [0, 0.05) is 17.1 Å². The maximum Gasteiger partial charge on any atom is 0.276 e. The van der Waals surface area contributed by atoms with Gasteiger partial charge in [-0.2, -0.15) is 0 Å². The molecule has 0 saturated carbocycles. The van der Waals surface area contributed by atoms with Crippen LogP contribution in [-0.2, 0) is 0 Å². The Hall–Kier alpha value is -2.60. The Bertz CT molecular complexity index is 773. The summed E-state index contributed by atoms with van der Waals surface area (Å²) in [5, 5.41) is 4.89. The van der Waals surface area contributed by atoms with Gasteiger partial charge in [0.25, 0.3) is 5.91 Å². The third kappa shape index (κ3) is 3.11. The highest BCUT2D eigenvalue weighted by Gasteiger charge is 2.10. The van der Waals surface area contributed by atoms with E-state index in [0.717, 1.165) is 0 Å². The van der Waals surface area contributed by atoms with E-state index in [1.54, 1.807) is 41.9 Å². The number of carbonyl (C=O) groups excluding carboxylic acids is 1. The predicted octanol–water partition coefficient (Wildman–Crippen LogP) is 3.60. The number of pyridine rings is 1. The maximum atomic E-state index is 13.2. The smallest absolute Gasteiger partial charge is 0.276 e. The van der Waals surface area contributed by atoms with E-state index in [4.69, 9.17) is 0 Å². The lowest BCUT2D eigenvalue weighted by molar-refractivity contribution is 0.102. The highest BCUT2D eigenvalue weighted by atomic mass is 32.1. The van der Waals surface area contributed by atoms with Crippen LogP contribution in [0.4, 0.5) is 9.52 Å². The molecule has 0 fully saturated rings. The SMILES string of the molecule is O=C(Nc1nc(-c2cccc(F)c2)cs1)c1ccccn1.